The summed E-state index contributed by atoms with van der Waals surface area (Å²) < 4.78 is 1.66. The van der Waals surface area contributed by atoms with Gasteiger partial charge in [-0.15, -0.1) is 5.10 Å². The Morgan fingerprint density at radius 1 is 1.44 bits per heavy atom. The van der Waals surface area contributed by atoms with Gasteiger partial charge in [0.1, 0.15) is 0 Å². The summed E-state index contributed by atoms with van der Waals surface area (Å²) in [7, 11) is 0. The molecule has 1 aromatic carbocycles. The second-order valence-corrected chi connectivity index (χ2v) is 3.98. The van der Waals surface area contributed by atoms with Crippen molar-refractivity contribution >= 4 is 11.6 Å². The summed E-state index contributed by atoms with van der Waals surface area (Å²) in [4.78, 5) is 0. The van der Waals surface area contributed by atoms with Crippen LogP contribution in [0.5, 0.6) is 0 Å². The van der Waals surface area contributed by atoms with Gasteiger partial charge in [0.2, 0.25) is 0 Å². The third-order valence-corrected chi connectivity index (χ3v) is 2.61. The Labute approximate surface area is 98.2 Å². The Morgan fingerprint density at radius 2 is 2.19 bits per heavy atom. The normalized spacial score (nSPS) is 12.7. The molecule has 5 nitrogen and oxygen atoms in total. The maximum absolute atomic E-state index is 6.06. The van der Waals surface area contributed by atoms with Crippen molar-refractivity contribution in [3.05, 3.63) is 40.7 Å². The number of nitrogens with zero attached hydrogens (tertiary/aromatic N) is 4. The van der Waals surface area contributed by atoms with Crippen molar-refractivity contribution in [1.29, 1.82) is 0 Å². The van der Waals surface area contributed by atoms with Gasteiger partial charge >= 0.3 is 0 Å². The SMILES string of the molecule is CC(N)c1nnnn1Cc1ccccc1Cl. The summed E-state index contributed by atoms with van der Waals surface area (Å²) in [5, 5.41) is 12.1. The predicted molar refractivity (Wildman–Crippen MR) is 61.0 cm³/mol. The van der Waals surface area contributed by atoms with Gasteiger partial charge in [-0.2, -0.15) is 0 Å². The van der Waals surface area contributed by atoms with Crippen molar-refractivity contribution in [2.75, 3.05) is 0 Å². The highest BCUT2D eigenvalue weighted by molar-refractivity contribution is 6.31. The largest absolute Gasteiger partial charge is 0.322 e. The Kier molecular flexibility index (Phi) is 3.17. The molecule has 0 spiro atoms. The van der Waals surface area contributed by atoms with E-state index in [0.29, 0.717) is 17.4 Å². The van der Waals surface area contributed by atoms with Gasteiger partial charge in [0, 0.05) is 5.02 Å². The van der Waals surface area contributed by atoms with E-state index in [-0.39, 0.29) is 6.04 Å². The van der Waals surface area contributed by atoms with E-state index < -0.39 is 0 Å². The molecular weight excluding hydrogens is 226 g/mol. The van der Waals surface area contributed by atoms with Crippen molar-refractivity contribution in [3.63, 3.8) is 0 Å². The van der Waals surface area contributed by atoms with Crippen molar-refractivity contribution in [1.82, 2.24) is 20.2 Å². The lowest BCUT2D eigenvalue weighted by Crippen LogP contribution is -2.15. The first-order valence-corrected chi connectivity index (χ1v) is 5.31. The smallest absolute Gasteiger partial charge is 0.168 e. The van der Waals surface area contributed by atoms with Gasteiger partial charge in [-0.25, -0.2) is 4.68 Å². The van der Waals surface area contributed by atoms with Crippen molar-refractivity contribution in [2.24, 2.45) is 5.73 Å². The number of aromatic nitrogens is 4. The molecule has 0 saturated carbocycles. The van der Waals surface area contributed by atoms with E-state index in [1.165, 1.54) is 0 Å². The second-order valence-electron chi connectivity index (χ2n) is 3.57. The van der Waals surface area contributed by atoms with Crippen molar-refractivity contribution < 1.29 is 0 Å². The van der Waals surface area contributed by atoms with Crippen LogP contribution in [0.1, 0.15) is 24.4 Å². The quantitative estimate of drug-likeness (QED) is 0.876. The Bertz CT molecular complexity index is 480. The van der Waals surface area contributed by atoms with Gasteiger partial charge in [-0.3, -0.25) is 0 Å². The summed E-state index contributed by atoms with van der Waals surface area (Å²) in [6.45, 7) is 2.37. The van der Waals surface area contributed by atoms with Crippen molar-refractivity contribution in [2.45, 2.75) is 19.5 Å². The minimum atomic E-state index is -0.197. The van der Waals surface area contributed by atoms with Gasteiger partial charge < -0.3 is 5.73 Å². The van der Waals surface area contributed by atoms with Gasteiger partial charge in [-0.1, -0.05) is 29.8 Å². The monoisotopic (exact) mass is 237 g/mol. The third-order valence-electron chi connectivity index (χ3n) is 2.24. The zero-order valence-corrected chi connectivity index (χ0v) is 9.59. The van der Waals surface area contributed by atoms with Crippen LogP contribution in [0, 0.1) is 0 Å². The van der Waals surface area contributed by atoms with Crippen LogP contribution in [0.15, 0.2) is 24.3 Å². The zero-order chi connectivity index (χ0) is 11.5. The first-order valence-electron chi connectivity index (χ1n) is 4.93. The summed E-state index contributed by atoms with van der Waals surface area (Å²) in [6.07, 6.45) is 0. The number of halogens is 1. The molecule has 0 aliphatic heterocycles. The highest BCUT2D eigenvalue weighted by Gasteiger charge is 2.11. The Hall–Kier alpha value is -1.46. The first kappa shape index (κ1) is 11.0. The van der Waals surface area contributed by atoms with Crippen LogP contribution in [0.4, 0.5) is 0 Å². The second kappa shape index (κ2) is 4.59. The average Bonchev–Trinajstić information content (AvgIpc) is 2.69. The van der Waals surface area contributed by atoms with E-state index in [4.69, 9.17) is 17.3 Å². The number of tetrazole rings is 1. The molecule has 1 unspecified atom stereocenters. The summed E-state index contributed by atoms with van der Waals surface area (Å²) >= 11 is 6.06. The molecule has 2 N–H and O–H groups in total. The van der Waals surface area contributed by atoms with Crippen LogP contribution in [-0.2, 0) is 6.54 Å². The van der Waals surface area contributed by atoms with Gasteiger partial charge in [0.15, 0.2) is 5.82 Å². The van der Waals surface area contributed by atoms with E-state index in [1.54, 1.807) is 4.68 Å². The lowest BCUT2D eigenvalue weighted by atomic mass is 10.2. The standard InChI is InChI=1S/C10H12ClN5/c1-7(12)10-13-14-15-16(10)6-8-4-2-3-5-9(8)11/h2-5,7H,6,12H2,1H3. The number of hydrogen-bond donors (Lipinski definition) is 1. The van der Waals surface area contributed by atoms with Crippen LogP contribution in [-0.4, -0.2) is 20.2 Å². The summed E-state index contributed by atoms with van der Waals surface area (Å²) in [5.41, 5.74) is 6.73. The molecule has 0 bridgehead atoms. The van der Waals surface area contributed by atoms with E-state index >= 15 is 0 Å². The first-order chi connectivity index (χ1) is 7.68. The molecule has 84 valence electrons. The van der Waals surface area contributed by atoms with Crippen LogP contribution in [0.25, 0.3) is 0 Å². The molecule has 1 heterocycles. The van der Waals surface area contributed by atoms with E-state index in [1.807, 2.05) is 31.2 Å². The third kappa shape index (κ3) is 2.20. The molecule has 0 saturated heterocycles. The van der Waals surface area contributed by atoms with Crippen LogP contribution < -0.4 is 5.73 Å². The number of nitrogens with two attached hydrogens (primary N) is 1. The number of hydrogen-bond acceptors (Lipinski definition) is 4. The fourth-order valence-electron chi connectivity index (χ4n) is 1.44. The zero-order valence-electron chi connectivity index (χ0n) is 8.84. The number of rotatable bonds is 3. The van der Waals surface area contributed by atoms with E-state index in [0.717, 1.165) is 5.56 Å². The average molecular weight is 238 g/mol. The van der Waals surface area contributed by atoms with E-state index in [2.05, 4.69) is 15.5 Å². The molecule has 0 fully saturated rings. The maximum Gasteiger partial charge on any atom is 0.168 e. The maximum atomic E-state index is 6.06. The molecule has 1 atom stereocenters. The molecule has 0 amide bonds. The van der Waals surface area contributed by atoms with Crippen LogP contribution >= 0.6 is 11.6 Å². The van der Waals surface area contributed by atoms with Gasteiger partial charge in [-0.05, 0) is 29.0 Å². The highest BCUT2D eigenvalue weighted by atomic mass is 35.5. The molecule has 2 rings (SSSR count). The minimum Gasteiger partial charge on any atom is -0.322 e. The molecule has 1 aromatic heterocycles. The predicted octanol–water partition coefficient (Wildman–Crippen LogP) is 1.39. The molecule has 2 aromatic rings. The van der Waals surface area contributed by atoms with Gasteiger partial charge in [0.05, 0.1) is 12.6 Å². The lowest BCUT2D eigenvalue weighted by molar-refractivity contribution is 0.588. The molecular formula is C10H12ClN5. The summed E-state index contributed by atoms with van der Waals surface area (Å²) in [5.74, 6) is 0.653. The fourth-order valence-corrected chi connectivity index (χ4v) is 1.63. The van der Waals surface area contributed by atoms with Crippen LogP contribution in [0.3, 0.4) is 0 Å². The topological polar surface area (TPSA) is 69.6 Å². The fraction of sp³-hybridized carbons (Fsp3) is 0.300. The Balaban J connectivity index is 2.27. The molecule has 6 heteroatoms. The van der Waals surface area contributed by atoms with Gasteiger partial charge in [0.25, 0.3) is 0 Å². The van der Waals surface area contributed by atoms with Crippen molar-refractivity contribution in [3.8, 4) is 0 Å². The minimum absolute atomic E-state index is 0.197. The Morgan fingerprint density at radius 3 is 2.88 bits per heavy atom. The summed E-state index contributed by atoms with van der Waals surface area (Å²) in [6, 6.07) is 7.40. The van der Waals surface area contributed by atoms with Crippen LogP contribution in [0.2, 0.25) is 5.02 Å². The number of benzene rings is 1. The highest BCUT2D eigenvalue weighted by Crippen LogP contribution is 2.16. The molecule has 0 aliphatic rings. The molecule has 16 heavy (non-hydrogen) atoms. The van der Waals surface area contributed by atoms with E-state index in [9.17, 15) is 0 Å². The molecule has 0 aliphatic carbocycles. The lowest BCUT2D eigenvalue weighted by Gasteiger charge is -2.07. The molecule has 0 radical (unpaired) electrons.